The van der Waals surface area contributed by atoms with Gasteiger partial charge >= 0.3 is 6.01 Å². The van der Waals surface area contributed by atoms with Crippen LogP contribution in [0.5, 0.6) is 6.01 Å². The predicted octanol–water partition coefficient (Wildman–Crippen LogP) is 1.99. The Hall–Kier alpha value is -4.20. The SMILES string of the molecule is CCN1CCC(Nc2cc(C(=O)N3CC[C@@H](N4CCc5ccccc5C4)[C@H](O)C3)nc(On3nnc4cccnc43)n2)CC1. The van der Waals surface area contributed by atoms with Crippen LogP contribution in [0.25, 0.3) is 11.2 Å². The summed E-state index contributed by atoms with van der Waals surface area (Å²) in [6.07, 6.45) is 4.55. The maximum Gasteiger partial charge on any atom is 0.348 e. The summed E-state index contributed by atoms with van der Waals surface area (Å²) >= 11 is 0. The van der Waals surface area contributed by atoms with E-state index in [9.17, 15) is 9.90 Å². The van der Waals surface area contributed by atoms with Crippen LogP contribution < -0.4 is 10.2 Å². The van der Waals surface area contributed by atoms with Crippen LogP contribution in [0.2, 0.25) is 0 Å². The lowest BCUT2D eigenvalue weighted by molar-refractivity contribution is -0.0139. The van der Waals surface area contributed by atoms with Gasteiger partial charge in [0.1, 0.15) is 17.0 Å². The zero-order valence-electron chi connectivity index (χ0n) is 24.9. The number of anilines is 1. The zero-order valence-corrected chi connectivity index (χ0v) is 24.9. The Balaban J connectivity index is 1.09. The molecule has 0 saturated carbocycles. The van der Waals surface area contributed by atoms with Gasteiger partial charge in [-0.3, -0.25) is 9.69 Å². The van der Waals surface area contributed by atoms with E-state index in [0.29, 0.717) is 29.9 Å². The molecule has 13 heteroatoms. The van der Waals surface area contributed by atoms with E-state index in [1.807, 2.05) is 0 Å². The van der Waals surface area contributed by atoms with Crippen molar-refractivity contribution in [1.29, 1.82) is 0 Å². The first-order valence-corrected chi connectivity index (χ1v) is 15.5. The first-order valence-electron chi connectivity index (χ1n) is 15.5. The number of rotatable bonds is 7. The number of amides is 1. The summed E-state index contributed by atoms with van der Waals surface area (Å²) in [5, 5.41) is 22.9. The van der Waals surface area contributed by atoms with Crippen molar-refractivity contribution in [2.45, 2.75) is 57.3 Å². The number of hydrogen-bond acceptors (Lipinski definition) is 11. The van der Waals surface area contributed by atoms with Gasteiger partial charge in [-0.1, -0.05) is 31.2 Å². The summed E-state index contributed by atoms with van der Waals surface area (Å²) in [7, 11) is 0. The number of aliphatic hydroxyl groups is 1. The molecular formula is C31H38N10O3. The third-order valence-corrected chi connectivity index (χ3v) is 9.12. The van der Waals surface area contributed by atoms with E-state index in [2.05, 4.69) is 71.6 Å². The molecule has 0 unspecified atom stereocenters. The minimum Gasteiger partial charge on any atom is -0.390 e. The van der Waals surface area contributed by atoms with Crippen LogP contribution in [0.1, 0.15) is 47.8 Å². The molecule has 3 aromatic heterocycles. The van der Waals surface area contributed by atoms with Gasteiger partial charge in [0, 0.05) is 63.6 Å². The molecule has 0 spiro atoms. The Morgan fingerprint density at radius 1 is 1.05 bits per heavy atom. The number of aromatic nitrogens is 6. The minimum atomic E-state index is -0.663. The standard InChI is InChI=1S/C31H38N10O3/c1-2-38-14-10-23(11-15-38)33-28-18-25(34-31(35-28)44-41-29-24(36-37-41)8-5-13-32-29)30(43)40-17-12-26(27(42)20-40)39-16-9-21-6-3-4-7-22(21)19-39/h3-8,13,18,23,26-27,42H,2,9-12,14-17,19-20H2,1H3,(H,33,34,35)/t26-,27-/m1/s1. The number of nitrogens with one attached hydrogen (secondary N) is 1. The zero-order chi connectivity index (χ0) is 30.0. The highest BCUT2D eigenvalue weighted by Gasteiger charge is 2.36. The highest BCUT2D eigenvalue weighted by atomic mass is 16.7. The molecule has 44 heavy (non-hydrogen) atoms. The van der Waals surface area contributed by atoms with E-state index in [-0.39, 0.29) is 36.2 Å². The number of β-amino-alcohol motifs (C(OH)–C–C–N with tert-alkyl or cyclic N) is 1. The van der Waals surface area contributed by atoms with Gasteiger partial charge in [-0.05, 0) is 65.5 Å². The Labute approximate surface area is 255 Å². The van der Waals surface area contributed by atoms with Crippen LogP contribution in [0.3, 0.4) is 0 Å². The van der Waals surface area contributed by atoms with E-state index in [1.54, 1.807) is 29.3 Å². The highest BCUT2D eigenvalue weighted by Crippen LogP contribution is 2.27. The Morgan fingerprint density at radius 3 is 2.70 bits per heavy atom. The molecule has 1 amide bonds. The number of pyridine rings is 1. The van der Waals surface area contributed by atoms with E-state index in [0.717, 1.165) is 56.8 Å². The van der Waals surface area contributed by atoms with E-state index < -0.39 is 6.10 Å². The molecule has 3 aliphatic heterocycles. The number of likely N-dealkylation sites (tertiary alicyclic amines) is 2. The number of benzene rings is 1. The summed E-state index contributed by atoms with van der Waals surface area (Å²) in [4.78, 5) is 40.7. The van der Waals surface area contributed by atoms with Crippen molar-refractivity contribution in [2.24, 2.45) is 0 Å². The predicted molar refractivity (Wildman–Crippen MR) is 163 cm³/mol. The maximum absolute atomic E-state index is 13.9. The molecule has 2 N–H and O–H groups in total. The highest BCUT2D eigenvalue weighted by molar-refractivity contribution is 5.93. The lowest BCUT2D eigenvalue weighted by Crippen LogP contribution is -2.56. The lowest BCUT2D eigenvalue weighted by Gasteiger charge is -2.43. The second kappa shape index (κ2) is 12.4. The van der Waals surface area contributed by atoms with Crippen LogP contribution in [0, 0.1) is 0 Å². The van der Waals surface area contributed by atoms with Crippen LogP contribution in [0.15, 0.2) is 48.7 Å². The van der Waals surface area contributed by atoms with Crippen LogP contribution >= 0.6 is 0 Å². The number of fused-ring (bicyclic) bond motifs is 2. The van der Waals surface area contributed by atoms with Gasteiger partial charge < -0.3 is 25.1 Å². The second-order valence-corrected chi connectivity index (χ2v) is 11.8. The Morgan fingerprint density at radius 2 is 1.89 bits per heavy atom. The molecule has 2 fully saturated rings. The number of nitrogens with zero attached hydrogens (tertiary/aromatic N) is 9. The van der Waals surface area contributed by atoms with Gasteiger partial charge in [-0.2, -0.15) is 9.97 Å². The molecule has 0 aliphatic carbocycles. The molecule has 13 nitrogen and oxygen atoms in total. The second-order valence-electron chi connectivity index (χ2n) is 11.8. The molecule has 0 bridgehead atoms. The van der Waals surface area contributed by atoms with E-state index in [4.69, 9.17) is 4.84 Å². The number of carbonyl (C=O) groups excluding carboxylic acids is 1. The topological polar surface area (TPSA) is 138 Å². The molecule has 6 heterocycles. The van der Waals surface area contributed by atoms with Crippen LogP contribution in [-0.2, 0) is 13.0 Å². The van der Waals surface area contributed by atoms with Gasteiger partial charge in [0.05, 0.1) is 6.10 Å². The maximum atomic E-state index is 13.9. The normalized spacial score (nSPS) is 21.7. The van der Waals surface area contributed by atoms with Crippen molar-refractivity contribution in [3.8, 4) is 6.01 Å². The van der Waals surface area contributed by atoms with E-state index >= 15 is 0 Å². The molecule has 4 aromatic rings. The summed E-state index contributed by atoms with van der Waals surface area (Å²) in [5.74, 6) is 0.234. The number of piperidine rings is 2. The average molecular weight is 599 g/mol. The fraction of sp³-hybridized carbons (Fsp3) is 0.484. The average Bonchev–Trinajstić information content (AvgIpc) is 3.47. The first-order chi connectivity index (χ1) is 21.5. The molecular weight excluding hydrogens is 560 g/mol. The Bertz CT molecular complexity index is 1620. The fourth-order valence-corrected chi connectivity index (χ4v) is 6.63. The molecule has 0 radical (unpaired) electrons. The molecule has 7 rings (SSSR count). The van der Waals surface area contributed by atoms with Crippen molar-refractivity contribution < 1.29 is 14.7 Å². The minimum absolute atomic E-state index is 0.00369. The summed E-state index contributed by atoms with van der Waals surface area (Å²) in [6.45, 7) is 7.68. The third-order valence-electron chi connectivity index (χ3n) is 9.12. The first kappa shape index (κ1) is 28.6. The van der Waals surface area contributed by atoms with Gasteiger partial charge in [-0.15, -0.1) is 5.10 Å². The number of hydrogen-bond donors (Lipinski definition) is 2. The lowest BCUT2D eigenvalue weighted by atomic mass is 9.94. The van der Waals surface area contributed by atoms with Crippen molar-refractivity contribution in [3.63, 3.8) is 0 Å². The third kappa shape index (κ3) is 5.94. The summed E-state index contributed by atoms with van der Waals surface area (Å²) in [5.41, 5.74) is 3.87. The van der Waals surface area contributed by atoms with Gasteiger partial charge in [0.15, 0.2) is 0 Å². The largest absolute Gasteiger partial charge is 0.390 e. The van der Waals surface area contributed by atoms with E-state index in [1.165, 1.54) is 11.1 Å². The number of carbonyl (C=O) groups is 1. The van der Waals surface area contributed by atoms with Gasteiger partial charge in [0.25, 0.3) is 5.91 Å². The molecule has 2 saturated heterocycles. The molecule has 3 aliphatic rings. The van der Waals surface area contributed by atoms with Crippen LogP contribution in [0.4, 0.5) is 5.82 Å². The molecule has 1 aromatic carbocycles. The molecule has 2 atom stereocenters. The van der Waals surface area contributed by atoms with Gasteiger partial charge in [-0.25, -0.2) is 4.98 Å². The monoisotopic (exact) mass is 598 g/mol. The van der Waals surface area contributed by atoms with Crippen LogP contribution in [-0.4, -0.2) is 113 Å². The summed E-state index contributed by atoms with van der Waals surface area (Å²) < 4.78 is 0. The van der Waals surface area contributed by atoms with Crippen molar-refractivity contribution >= 4 is 22.9 Å². The van der Waals surface area contributed by atoms with Crippen molar-refractivity contribution in [1.82, 2.24) is 44.8 Å². The fourth-order valence-electron chi connectivity index (χ4n) is 6.63. The van der Waals surface area contributed by atoms with Crippen molar-refractivity contribution in [2.75, 3.05) is 44.6 Å². The number of aliphatic hydroxyl groups excluding tert-OH is 1. The summed E-state index contributed by atoms with van der Waals surface area (Å²) in [6, 6.07) is 13.9. The molecule has 230 valence electrons. The smallest absolute Gasteiger partial charge is 0.348 e. The van der Waals surface area contributed by atoms with Gasteiger partial charge in [0.2, 0.25) is 5.65 Å². The Kier molecular flexibility index (Phi) is 8.07. The van der Waals surface area contributed by atoms with Crippen molar-refractivity contribution in [3.05, 3.63) is 65.5 Å². The quantitative estimate of drug-likeness (QED) is 0.323.